The second-order valence-corrected chi connectivity index (χ2v) is 1.19. The van der Waals surface area contributed by atoms with Crippen LogP contribution in [-0.2, 0) is 4.79 Å². The zero-order valence-electron chi connectivity index (χ0n) is 3.98. The van der Waals surface area contributed by atoms with Crippen LogP contribution in [0, 0.1) is 0 Å². The molecule has 1 N–H and O–H groups in total. The van der Waals surface area contributed by atoms with Crippen LogP contribution in [0.4, 0.5) is 0 Å². The van der Waals surface area contributed by atoms with E-state index in [4.69, 9.17) is 5.73 Å². The van der Waals surface area contributed by atoms with Crippen LogP contribution in [0.15, 0.2) is 12.7 Å². The van der Waals surface area contributed by atoms with Gasteiger partial charge in [-0.15, -0.1) is 6.58 Å². The lowest BCUT2D eigenvalue weighted by Gasteiger charge is -1.91. The molecule has 0 aromatic heterocycles. The fourth-order valence-electron chi connectivity index (χ4n) is 0.173. The van der Waals surface area contributed by atoms with Crippen molar-refractivity contribution in [2.24, 2.45) is 0 Å². The zero-order valence-corrected chi connectivity index (χ0v) is 3.98. The number of hydrogen-bond acceptors (Lipinski definition) is 1. The Labute approximate surface area is 43.0 Å². The third kappa shape index (κ3) is 3.19. The highest BCUT2D eigenvalue weighted by atomic mass is 16.1. The molecule has 0 bridgehead atoms. The van der Waals surface area contributed by atoms with Crippen molar-refractivity contribution in [3.8, 4) is 0 Å². The van der Waals surface area contributed by atoms with Gasteiger partial charge >= 0.3 is 0 Å². The molecule has 0 aromatic carbocycles. The lowest BCUT2D eigenvalue weighted by Crippen LogP contribution is -2.03. The highest BCUT2D eigenvalue weighted by Crippen LogP contribution is 1.83. The van der Waals surface area contributed by atoms with E-state index in [0.29, 0.717) is 0 Å². The average Bonchev–Trinajstić information content (AvgIpc) is 1.68. The van der Waals surface area contributed by atoms with Gasteiger partial charge in [-0.1, -0.05) is 6.08 Å². The first kappa shape index (κ1) is 6.37. The summed E-state index contributed by atoms with van der Waals surface area (Å²) < 4.78 is 0. The van der Waals surface area contributed by atoms with E-state index in [1.165, 1.54) is 6.08 Å². The highest BCUT2D eigenvalue weighted by molar-refractivity contribution is 5.51. The van der Waals surface area contributed by atoms with Crippen LogP contribution in [0.2, 0.25) is 0 Å². The van der Waals surface area contributed by atoms with Gasteiger partial charge in [-0.05, 0) is 0 Å². The van der Waals surface area contributed by atoms with Gasteiger partial charge in [0.2, 0.25) is 0 Å². The van der Waals surface area contributed by atoms with Crippen LogP contribution in [0.1, 0.15) is 6.42 Å². The van der Waals surface area contributed by atoms with Crippen molar-refractivity contribution in [2.75, 3.05) is 0 Å². The fourth-order valence-corrected chi connectivity index (χ4v) is 0.173. The summed E-state index contributed by atoms with van der Waals surface area (Å²) in [5.41, 5.74) is 6.84. The van der Waals surface area contributed by atoms with Crippen molar-refractivity contribution in [1.82, 2.24) is 5.73 Å². The van der Waals surface area contributed by atoms with Crippen molar-refractivity contribution < 1.29 is 4.79 Å². The standard InChI is InChI=1S/C5H7NO/c1-2-5(6)3-4-7/h2,5-6H,1,3H2. The molecule has 7 heavy (non-hydrogen) atoms. The topological polar surface area (TPSA) is 40.9 Å². The molecule has 1 unspecified atom stereocenters. The number of nitrogens with one attached hydrogen (secondary N) is 1. The molecule has 0 spiro atoms. The molecule has 0 fully saturated rings. The quantitative estimate of drug-likeness (QED) is 0.467. The van der Waals surface area contributed by atoms with Crippen molar-refractivity contribution in [3.63, 3.8) is 0 Å². The molecular formula is C5H7NO. The number of rotatable bonds is 3. The van der Waals surface area contributed by atoms with E-state index in [-0.39, 0.29) is 6.42 Å². The van der Waals surface area contributed by atoms with Gasteiger partial charge in [-0.25, -0.2) is 5.73 Å². The molecule has 0 heterocycles. The summed E-state index contributed by atoms with van der Waals surface area (Å²) in [5.74, 6) is 0. The smallest absolute Gasteiger partial charge is 0.200 e. The van der Waals surface area contributed by atoms with Gasteiger partial charge < -0.3 is 0 Å². The summed E-state index contributed by atoms with van der Waals surface area (Å²) in [6, 6.07) is -0.461. The van der Waals surface area contributed by atoms with Gasteiger partial charge in [0.25, 0.3) is 0 Å². The largest absolute Gasteiger partial charge is 0.291 e. The lowest BCUT2D eigenvalue weighted by molar-refractivity contribution is 0.547. The SMILES string of the molecule is C=CC([NH])C[C]=O. The summed E-state index contributed by atoms with van der Waals surface area (Å²) in [5, 5.41) is 0. The maximum Gasteiger partial charge on any atom is 0.200 e. The normalized spacial score (nSPS) is 12.7. The predicted octanol–water partition coefficient (Wildman–Crippen LogP) is 0.324. The summed E-state index contributed by atoms with van der Waals surface area (Å²) >= 11 is 0. The zero-order chi connectivity index (χ0) is 5.70. The Morgan fingerprint density at radius 3 is 2.71 bits per heavy atom. The van der Waals surface area contributed by atoms with Crippen LogP contribution in [-0.4, -0.2) is 12.3 Å². The molecule has 0 amide bonds. The molecule has 0 aliphatic heterocycles. The van der Waals surface area contributed by atoms with Gasteiger partial charge in [-0.3, -0.25) is 4.79 Å². The molecule has 0 saturated carbocycles. The predicted molar refractivity (Wildman–Crippen MR) is 27.4 cm³/mol. The Bertz CT molecular complexity index is 70.5. The van der Waals surface area contributed by atoms with Crippen LogP contribution in [0.3, 0.4) is 0 Å². The van der Waals surface area contributed by atoms with E-state index in [1.807, 2.05) is 0 Å². The van der Waals surface area contributed by atoms with Crippen LogP contribution < -0.4 is 5.73 Å². The number of carbonyl (C=O) groups excluding carboxylic acids is 1. The molecule has 0 rings (SSSR count). The summed E-state index contributed by atoms with van der Waals surface area (Å²) in [6.07, 6.45) is 3.16. The van der Waals surface area contributed by atoms with Crippen molar-refractivity contribution >= 4 is 6.29 Å². The molecule has 0 aliphatic rings. The van der Waals surface area contributed by atoms with E-state index in [1.54, 1.807) is 6.29 Å². The Balaban J connectivity index is 3.15. The number of hydrogen-bond donors (Lipinski definition) is 0. The fraction of sp³-hybridized carbons (Fsp3) is 0.400. The molecule has 2 radical (unpaired) electrons. The summed E-state index contributed by atoms with van der Waals surface area (Å²) in [7, 11) is 0. The summed E-state index contributed by atoms with van der Waals surface area (Å²) in [4.78, 5) is 9.48. The van der Waals surface area contributed by atoms with E-state index in [9.17, 15) is 4.79 Å². The molecule has 1 atom stereocenters. The van der Waals surface area contributed by atoms with E-state index in [0.717, 1.165) is 0 Å². The monoisotopic (exact) mass is 97.1 g/mol. The van der Waals surface area contributed by atoms with E-state index in [2.05, 4.69) is 6.58 Å². The lowest BCUT2D eigenvalue weighted by atomic mass is 10.2. The molecule has 0 aliphatic carbocycles. The second kappa shape index (κ2) is 3.56. The molecular weight excluding hydrogens is 90.1 g/mol. The minimum absolute atomic E-state index is 0.142. The van der Waals surface area contributed by atoms with E-state index >= 15 is 0 Å². The molecule has 38 valence electrons. The van der Waals surface area contributed by atoms with Crippen LogP contribution >= 0.6 is 0 Å². The summed E-state index contributed by atoms with van der Waals surface area (Å²) in [6.45, 7) is 3.31. The maximum atomic E-state index is 9.48. The Hall–Kier alpha value is -0.630. The third-order valence-corrected chi connectivity index (χ3v) is 0.588. The van der Waals surface area contributed by atoms with Gasteiger partial charge in [0.15, 0.2) is 6.29 Å². The Kier molecular flexibility index (Phi) is 3.24. The first-order valence-electron chi connectivity index (χ1n) is 2.00. The Morgan fingerprint density at radius 1 is 2.00 bits per heavy atom. The van der Waals surface area contributed by atoms with Crippen LogP contribution in [0.25, 0.3) is 0 Å². The van der Waals surface area contributed by atoms with Crippen molar-refractivity contribution in [1.29, 1.82) is 0 Å². The van der Waals surface area contributed by atoms with Gasteiger partial charge in [0.1, 0.15) is 0 Å². The maximum absolute atomic E-state index is 9.48. The molecule has 2 nitrogen and oxygen atoms in total. The molecule has 0 aromatic rings. The Morgan fingerprint density at radius 2 is 2.57 bits per heavy atom. The minimum Gasteiger partial charge on any atom is -0.291 e. The van der Waals surface area contributed by atoms with Crippen molar-refractivity contribution in [2.45, 2.75) is 12.5 Å². The first-order valence-corrected chi connectivity index (χ1v) is 2.00. The second-order valence-electron chi connectivity index (χ2n) is 1.19. The molecule has 2 heteroatoms. The van der Waals surface area contributed by atoms with E-state index < -0.39 is 6.04 Å². The van der Waals surface area contributed by atoms with Crippen molar-refractivity contribution in [3.05, 3.63) is 12.7 Å². The highest BCUT2D eigenvalue weighted by Gasteiger charge is 1.92. The molecule has 0 saturated heterocycles. The first-order chi connectivity index (χ1) is 3.31. The van der Waals surface area contributed by atoms with Gasteiger partial charge in [0, 0.05) is 12.5 Å². The minimum atomic E-state index is -0.461. The average molecular weight is 97.1 g/mol. The van der Waals surface area contributed by atoms with Gasteiger partial charge in [0.05, 0.1) is 0 Å². The third-order valence-electron chi connectivity index (χ3n) is 0.588. The van der Waals surface area contributed by atoms with Crippen LogP contribution in [0.5, 0.6) is 0 Å². The van der Waals surface area contributed by atoms with Gasteiger partial charge in [-0.2, -0.15) is 0 Å².